The van der Waals surface area contributed by atoms with Crippen molar-refractivity contribution in [1.82, 2.24) is 10.6 Å². The van der Waals surface area contributed by atoms with Crippen molar-refractivity contribution in [2.24, 2.45) is 5.92 Å². The Morgan fingerprint density at radius 1 is 1.04 bits per heavy atom. The molecule has 0 aromatic heterocycles. The summed E-state index contributed by atoms with van der Waals surface area (Å²) in [5.74, 6) is 0.266. The maximum Gasteiger partial charge on any atom is 0.251 e. The van der Waals surface area contributed by atoms with E-state index in [1.54, 1.807) is 17.8 Å². The van der Waals surface area contributed by atoms with Crippen molar-refractivity contribution >= 4 is 23.6 Å². The summed E-state index contributed by atoms with van der Waals surface area (Å²) < 4.78 is 0. The molecule has 2 aromatic rings. The normalized spacial score (nSPS) is 13.3. The molecule has 1 fully saturated rings. The molecule has 2 N–H and O–H groups in total. The summed E-state index contributed by atoms with van der Waals surface area (Å²) in [7, 11) is 0. The smallest absolute Gasteiger partial charge is 0.251 e. The minimum atomic E-state index is -0.232. The van der Waals surface area contributed by atoms with Crippen molar-refractivity contribution in [3.63, 3.8) is 0 Å². The van der Waals surface area contributed by atoms with Crippen molar-refractivity contribution in [3.8, 4) is 11.1 Å². The van der Waals surface area contributed by atoms with E-state index < -0.39 is 0 Å². The SMILES string of the molecule is CSc1ccc(-c2cccc(C(=O)NCC(=O)NCC3CC3)c2)cc1. The Morgan fingerprint density at radius 3 is 2.48 bits per heavy atom. The van der Waals surface area contributed by atoms with E-state index in [9.17, 15) is 9.59 Å². The largest absolute Gasteiger partial charge is 0.354 e. The lowest BCUT2D eigenvalue weighted by atomic mass is 10.0. The van der Waals surface area contributed by atoms with Gasteiger partial charge in [0.25, 0.3) is 5.91 Å². The van der Waals surface area contributed by atoms with Crippen LogP contribution in [0.2, 0.25) is 0 Å². The summed E-state index contributed by atoms with van der Waals surface area (Å²) in [4.78, 5) is 25.2. The van der Waals surface area contributed by atoms with Crippen LogP contribution in [0.4, 0.5) is 0 Å². The van der Waals surface area contributed by atoms with Crippen LogP contribution in [0.5, 0.6) is 0 Å². The van der Waals surface area contributed by atoms with Crippen LogP contribution in [-0.2, 0) is 4.79 Å². The molecule has 0 unspecified atom stereocenters. The molecule has 2 aromatic carbocycles. The van der Waals surface area contributed by atoms with Gasteiger partial charge in [0.1, 0.15) is 0 Å². The quantitative estimate of drug-likeness (QED) is 0.750. The maximum absolute atomic E-state index is 12.3. The molecule has 0 aliphatic heterocycles. The van der Waals surface area contributed by atoms with E-state index in [1.165, 1.54) is 17.7 Å². The molecule has 25 heavy (non-hydrogen) atoms. The maximum atomic E-state index is 12.3. The Morgan fingerprint density at radius 2 is 1.80 bits per heavy atom. The molecule has 0 saturated heterocycles. The first-order valence-electron chi connectivity index (χ1n) is 8.45. The van der Waals surface area contributed by atoms with Crippen molar-refractivity contribution in [2.75, 3.05) is 19.3 Å². The van der Waals surface area contributed by atoms with Crippen molar-refractivity contribution in [3.05, 3.63) is 54.1 Å². The van der Waals surface area contributed by atoms with Crippen LogP contribution in [0.25, 0.3) is 11.1 Å². The highest BCUT2D eigenvalue weighted by Crippen LogP contribution is 2.27. The van der Waals surface area contributed by atoms with Gasteiger partial charge in [-0.3, -0.25) is 9.59 Å². The van der Waals surface area contributed by atoms with Crippen molar-refractivity contribution in [2.45, 2.75) is 17.7 Å². The van der Waals surface area contributed by atoms with E-state index in [4.69, 9.17) is 0 Å². The Hall–Kier alpha value is -2.27. The molecule has 4 nitrogen and oxygen atoms in total. The predicted octanol–water partition coefficient (Wildman–Crippen LogP) is 3.33. The van der Waals surface area contributed by atoms with Crippen LogP contribution in [0, 0.1) is 5.92 Å². The molecule has 1 saturated carbocycles. The van der Waals surface area contributed by atoms with Gasteiger partial charge in [-0.05, 0) is 60.4 Å². The van der Waals surface area contributed by atoms with Gasteiger partial charge in [0, 0.05) is 17.0 Å². The number of carbonyl (C=O) groups is 2. The van der Waals surface area contributed by atoms with E-state index in [1.807, 2.05) is 36.6 Å². The number of amides is 2. The number of carbonyl (C=O) groups excluding carboxylic acids is 2. The van der Waals surface area contributed by atoms with Crippen LogP contribution in [-0.4, -0.2) is 31.2 Å². The van der Waals surface area contributed by atoms with Gasteiger partial charge in [0.2, 0.25) is 5.91 Å². The number of benzene rings is 2. The molecule has 1 aliphatic rings. The lowest BCUT2D eigenvalue weighted by Crippen LogP contribution is -2.37. The summed E-state index contributed by atoms with van der Waals surface area (Å²) in [6.07, 6.45) is 4.43. The van der Waals surface area contributed by atoms with E-state index in [2.05, 4.69) is 22.8 Å². The van der Waals surface area contributed by atoms with Gasteiger partial charge < -0.3 is 10.6 Å². The minimum Gasteiger partial charge on any atom is -0.354 e. The average Bonchev–Trinajstić information content (AvgIpc) is 3.49. The van der Waals surface area contributed by atoms with E-state index in [-0.39, 0.29) is 18.4 Å². The standard InChI is InChI=1S/C20H22N2O2S/c1-25-18-9-7-15(8-10-18)16-3-2-4-17(11-16)20(24)22-13-19(23)21-12-14-5-6-14/h2-4,7-11,14H,5-6,12-13H2,1H3,(H,21,23)(H,22,24). The third kappa shape index (κ3) is 5.10. The lowest BCUT2D eigenvalue weighted by Gasteiger charge is -2.08. The molecule has 0 atom stereocenters. The predicted molar refractivity (Wildman–Crippen MR) is 102 cm³/mol. The molecule has 0 heterocycles. The monoisotopic (exact) mass is 354 g/mol. The topological polar surface area (TPSA) is 58.2 Å². The highest BCUT2D eigenvalue weighted by molar-refractivity contribution is 7.98. The summed E-state index contributed by atoms with van der Waals surface area (Å²) in [5, 5.41) is 5.53. The first-order chi connectivity index (χ1) is 12.2. The Balaban J connectivity index is 1.59. The first-order valence-corrected chi connectivity index (χ1v) is 9.67. The Labute approximate surface area is 152 Å². The summed E-state index contributed by atoms with van der Waals surface area (Å²) in [5.41, 5.74) is 2.61. The van der Waals surface area contributed by atoms with Gasteiger partial charge in [-0.1, -0.05) is 24.3 Å². The minimum absolute atomic E-state index is 0.0121. The first kappa shape index (κ1) is 17.5. The second-order valence-corrected chi connectivity index (χ2v) is 7.12. The highest BCUT2D eigenvalue weighted by atomic mass is 32.2. The average molecular weight is 354 g/mol. The molecule has 2 amide bonds. The summed E-state index contributed by atoms with van der Waals surface area (Å²) in [6.45, 7) is 0.731. The number of hydrogen-bond acceptors (Lipinski definition) is 3. The van der Waals surface area contributed by atoms with Gasteiger partial charge in [-0.25, -0.2) is 0 Å². The van der Waals surface area contributed by atoms with E-state index in [0.717, 1.165) is 17.7 Å². The van der Waals surface area contributed by atoms with Gasteiger partial charge in [0.05, 0.1) is 6.54 Å². The number of nitrogens with one attached hydrogen (secondary N) is 2. The van der Waals surface area contributed by atoms with Crippen LogP contribution in [0.1, 0.15) is 23.2 Å². The lowest BCUT2D eigenvalue weighted by molar-refractivity contribution is -0.120. The van der Waals surface area contributed by atoms with E-state index in [0.29, 0.717) is 11.5 Å². The molecule has 0 spiro atoms. The highest BCUT2D eigenvalue weighted by Gasteiger charge is 2.21. The third-order valence-corrected chi connectivity index (χ3v) is 4.99. The molecular formula is C20H22N2O2S. The molecule has 0 radical (unpaired) electrons. The van der Waals surface area contributed by atoms with Crippen molar-refractivity contribution in [1.29, 1.82) is 0 Å². The fourth-order valence-corrected chi connectivity index (χ4v) is 2.94. The molecule has 3 rings (SSSR count). The fourth-order valence-electron chi connectivity index (χ4n) is 2.53. The Bertz CT molecular complexity index is 755. The second kappa shape index (κ2) is 8.21. The van der Waals surface area contributed by atoms with Crippen LogP contribution in [0.3, 0.4) is 0 Å². The van der Waals surface area contributed by atoms with Gasteiger partial charge in [-0.15, -0.1) is 11.8 Å². The van der Waals surface area contributed by atoms with Gasteiger partial charge in [-0.2, -0.15) is 0 Å². The van der Waals surface area contributed by atoms with Gasteiger partial charge in [0.15, 0.2) is 0 Å². The molecule has 5 heteroatoms. The van der Waals surface area contributed by atoms with Crippen LogP contribution >= 0.6 is 11.8 Å². The van der Waals surface area contributed by atoms with E-state index >= 15 is 0 Å². The molecule has 0 bridgehead atoms. The van der Waals surface area contributed by atoms with Crippen LogP contribution < -0.4 is 10.6 Å². The zero-order valence-corrected chi connectivity index (χ0v) is 15.1. The fraction of sp³-hybridized carbons (Fsp3) is 0.300. The van der Waals surface area contributed by atoms with Crippen LogP contribution in [0.15, 0.2) is 53.4 Å². The number of hydrogen-bond donors (Lipinski definition) is 2. The zero-order valence-electron chi connectivity index (χ0n) is 14.2. The molecule has 130 valence electrons. The second-order valence-electron chi connectivity index (χ2n) is 6.24. The summed E-state index contributed by atoms with van der Waals surface area (Å²) >= 11 is 1.70. The third-order valence-electron chi connectivity index (χ3n) is 4.24. The Kier molecular flexibility index (Phi) is 5.76. The molecular weight excluding hydrogens is 332 g/mol. The number of thioether (sulfide) groups is 1. The molecule has 1 aliphatic carbocycles. The number of rotatable bonds is 7. The van der Waals surface area contributed by atoms with Gasteiger partial charge >= 0.3 is 0 Å². The zero-order chi connectivity index (χ0) is 17.6. The summed E-state index contributed by atoms with van der Waals surface area (Å²) in [6, 6.07) is 15.7. The van der Waals surface area contributed by atoms with Crippen molar-refractivity contribution < 1.29 is 9.59 Å².